The van der Waals surface area contributed by atoms with E-state index in [4.69, 9.17) is 0 Å². The molecule has 1 amide bonds. The number of halogens is 1. The van der Waals surface area contributed by atoms with Gasteiger partial charge in [0.1, 0.15) is 11.5 Å². The van der Waals surface area contributed by atoms with Gasteiger partial charge in [-0.15, -0.1) is 0 Å². The fourth-order valence-corrected chi connectivity index (χ4v) is 3.73. The molecule has 0 radical (unpaired) electrons. The summed E-state index contributed by atoms with van der Waals surface area (Å²) in [6.07, 6.45) is 1.48. The van der Waals surface area contributed by atoms with E-state index in [0.29, 0.717) is 5.69 Å². The predicted molar refractivity (Wildman–Crippen MR) is 108 cm³/mol. The van der Waals surface area contributed by atoms with E-state index < -0.39 is 21.7 Å². The summed E-state index contributed by atoms with van der Waals surface area (Å²) in [5, 5.41) is 6.83. The molecule has 9 heteroatoms. The Kier molecular flexibility index (Phi) is 5.54. The van der Waals surface area contributed by atoms with Crippen molar-refractivity contribution in [1.29, 1.82) is 0 Å². The molecule has 0 unspecified atom stereocenters. The van der Waals surface area contributed by atoms with Crippen molar-refractivity contribution in [3.8, 4) is 5.69 Å². The molecular formula is C20H21FN4O3S. The van der Waals surface area contributed by atoms with Gasteiger partial charge in [-0.25, -0.2) is 21.8 Å². The number of aromatic nitrogens is 2. The minimum Gasteiger partial charge on any atom is -0.320 e. The Balaban J connectivity index is 1.92. The molecule has 0 aliphatic heterocycles. The first kappa shape index (κ1) is 20.7. The van der Waals surface area contributed by atoms with Crippen molar-refractivity contribution in [2.75, 3.05) is 19.4 Å². The van der Waals surface area contributed by atoms with Gasteiger partial charge in [-0.2, -0.15) is 5.10 Å². The third-order valence-corrected chi connectivity index (χ3v) is 6.38. The number of amides is 1. The highest BCUT2D eigenvalue weighted by Crippen LogP contribution is 2.26. The number of sulfonamides is 1. The normalized spacial score (nSPS) is 11.7. The van der Waals surface area contributed by atoms with Gasteiger partial charge in [0, 0.05) is 26.0 Å². The summed E-state index contributed by atoms with van der Waals surface area (Å²) in [6, 6.07) is 10.5. The Morgan fingerprint density at radius 1 is 1.14 bits per heavy atom. The zero-order valence-corrected chi connectivity index (χ0v) is 17.3. The van der Waals surface area contributed by atoms with E-state index >= 15 is 0 Å². The molecule has 0 fully saturated rings. The van der Waals surface area contributed by atoms with Crippen LogP contribution in [0.15, 0.2) is 53.6 Å². The van der Waals surface area contributed by atoms with Crippen LogP contribution in [0.3, 0.4) is 0 Å². The Bertz CT molecular complexity index is 1190. The van der Waals surface area contributed by atoms with Crippen molar-refractivity contribution in [2.24, 2.45) is 0 Å². The number of hydrogen-bond acceptors (Lipinski definition) is 4. The third kappa shape index (κ3) is 4.06. The SMILES string of the molecule is Cc1cc(S(=O)(=O)N(C)C)cc(NC(=O)c2ccn(-c3ccccc3F)n2)c1C. The molecule has 3 aromatic rings. The fourth-order valence-electron chi connectivity index (χ4n) is 2.72. The highest BCUT2D eigenvalue weighted by atomic mass is 32.2. The van der Waals surface area contributed by atoms with E-state index in [9.17, 15) is 17.6 Å². The van der Waals surface area contributed by atoms with Crippen LogP contribution in [-0.2, 0) is 10.0 Å². The van der Waals surface area contributed by atoms with Gasteiger partial charge in [-0.3, -0.25) is 4.79 Å². The number of carbonyl (C=O) groups is 1. The van der Waals surface area contributed by atoms with Gasteiger partial charge in [0.05, 0.1) is 4.90 Å². The smallest absolute Gasteiger partial charge is 0.276 e. The molecule has 2 aromatic carbocycles. The van der Waals surface area contributed by atoms with Gasteiger partial charge in [0.2, 0.25) is 10.0 Å². The summed E-state index contributed by atoms with van der Waals surface area (Å²) in [7, 11) is -0.770. The topological polar surface area (TPSA) is 84.3 Å². The van der Waals surface area contributed by atoms with Gasteiger partial charge >= 0.3 is 0 Å². The summed E-state index contributed by atoms with van der Waals surface area (Å²) in [4.78, 5) is 12.7. The largest absolute Gasteiger partial charge is 0.320 e. The molecule has 7 nitrogen and oxygen atoms in total. The molecule has 1 aromatic heterocycles. The molecule has 0 atom stereocenters. The molecular weight excluding hydrogens is 395 g/mol. The fraction of sp³-hybridized carbons (Fsp3) is 0.200. The Morgan fingerprint density at radius 3 is 2.48 bits per heavy atom. The zero-order valence-electron chi connectivity index (χ0n) is 16.5. The van der Waals surface area contributed by atoms with Crippen molar-refractivity contribution in [1.82, 2.24) is 14.1 Å². The van der Waals surface area contributed by atoms with E-state index in [0.717, 1.165) is 15.4 Å². The standard InChI is InChI=1S/C20H21FN4O3S/c1-13-11-15(29(27,28)24(3)4)12-18(14(13)2)22-20(26)17-9-10-25(23-17)19-8-6-5-7-16(19)21/h5-12H,1-4H3,(H,22,26). The van der Waals surface area contributed by atoms with E-state index in [1.165, 1.54) is 43.2 Å². The molecule has 1 N–H and O–H groups in total. The van der Waals surface area contributed by atoms with Crippen LogP contribution in [0.5, 0.6) is 0 Å². The van der Waals surface area contributed by atoms with Crippen LogP contribution in [0, 0.1) is 19.7 Å². The molecule has 0 saturated heterocycles. The second-order valence-corrected chi connectivity index (χ2v) is 8.90. The van der Waals surface area contributed by atoms with Crippen molar-refractivity contribution < 1.29 is 17.6 Å². The molecule has 0 saturated carbocycles. The number of nitrogens with zero attached hydrogens (tertiary/aromatic N) is 3. The van der Waals surface area contributed by atoms with Crippen LogP contribution in [-0.4, -0.2) is 42.5 Å². The van der Waals surface area contributed by atoms with Crippen LogP contribution < -0.4 is 5.32 Å². The maximum atomic E-state index is 13.9. The maximum Gasteiger partial charge on any atom is 0.276 e. The lowest BCUT2D eigenvalue weighted by Gasteiger charge is -2.16. The summed E-state index contributed by atoms with van der Waals surface area (Å²) in [5.41, 5.74) is 2.13. The van der Waals surface area contributed by atoms with Crippen LogP contribution in [0.1, 0.15) is 21.6 Å². The number of nitrogens with one attached hydrogen (secondary N) is 1. The highest BCUT2D eigenvalue weighted by molar-refractivity contribution is 7.89. The van der Waals surface area contributed by atoms with E-state index in [2.05, 4.69) is 10.4 Å². The van der Waals surface area contributed by atoms with Crippen molar-refractivity contribution >= 4 is 21.6 Å². The monoisotopic (exact) mass is 416 g/mol. The lowest BCUT2D eigenvalue weighted by Crippen LogP contribution is -2.23. The van der Waals surface area contributed by atoms with Crippen LogP contribution >= 0.6 is 0 Å². The van der Waals surface area contributed by atoms with Gasteiger partial charge < -0.3 is 5.32 Å². The molecule has 0 aliphatic carbocycles. The van der Waals surface area contributed by atoms with Crippen molar-refractivity contribution in [2.45, 2.75) is 18.7 Å². The van der Waals surface area contributed by atoms with Gasteiger partial charge in [-0.1, -0.05) is 12.1 Å². The van der Waals surface area contributed by atoms with E-state index in [1.54, 1.807) is 38.1 Å². The zero-order chi connectivity index (χ0) is 21.3. The summed E-state index contributed by atoms with van der Waals surface area (Å²) >= 11 is 0. The van der Waals surface area contributed by atoms with E-state index in [-0.39, 0.29) is 16.3 Å². The summed E-state index contributed by atoms with van der Waals surface area (Å²) in [5.74, 6) is -0.988. The highest BCUT2D eigenvalue weighted by Gasteiger charge is 2.21. The predicted octanol–water partition coefficient (Wildman–Crippen LogP) is 3.13. The number of aryl methyl sites for hydroxylation is 1. The Hall–Kier alpha value is -3.04. The third-order valence-electron chi connectivity index (χ3n) is 4.59. The molecule has 0 bridgehead atoms. The average molecular weight is 416 g/mol. The molecule has 0 aliphatic rings. The van der Waals surface area contributed by atoms with Gasteiger partial charge in [0.25, 0.3) is 5.91 Å². The number of hydrogen-bond donors (Lipinski definition) is 1. The molecule has 3 rings (SSSR count). The molecule has 0 spiro atoms. The number of anilines is 1. The number of carbonyl (C=O) groups excluding carboxylic acids is 1. The van der Waals surface area contributed by atoms with E-state index in [1.807, 2.05) is 0 Å². The second kappa shape index (κ2) is 7.76. The van der Waals surface area contributed by atoms with Gasteiger partial charge in [-0.05, 0) is 55.3 Å². The minimum atomic E-state index is -3.66. The minimum absolute atomic E-state index is 0.0752. The second-order valence-electron chi connectivity index (χ2n) is 6.75. The summed E-state index contributed by atoms with van der Waals surface area (Å²) < 4.78 is 41.2. The quantitative estimate of drug-likeness (QED) is 0.693. The molecule has 29 heavy (non-hydrogen) atoms. The van der Waals surface area contributed by atoms with Crippen LogP contribution in [0.2, 0.25) is 0 Å². The lowest BCUT2D eigenvalue weighted by molar-refractivity contribution is 0.102. The molecule has 152 valence electrons. The average Bonchev–Trinajstić information content (AvgIpc) is 3.15. The van der Waals surface area contributed by atoms with Crippen molar-refractivity contribution in [3.05, 3.63) is 71.3 Å². The van der Waals surface area contributed by atoms with Gasteiger partial charge in [0.15, 0.2) is 5.69 Å². The Labute approximate surface area is 168 Å². The van der Waals surface area contributed by atoms with Crippen LogP contribution in [0.25, 0.3) is 5.69 Å². The first-order chi connectivity index (χ1) is 13.6. The first-order valence-corrected chi connectivity index (χ1v) is 10.2. The lowest BCUT2D eigenvalue weighted by atomic mass is 10.1. The first-order valence-electron chi connectivity index (χ1n) is 8.77. The number of rotatable bonds is 5. The Morgan fingerprint density at radius 2 is 1.83 bits per heavy atom. The number of benzene rings is 2. The van der Waals surface area contributed by atoms with Crippen LogP contribution in [0.4, 0.5) is 10.1 Å². The summed E-state index contributed by atoms with van der Waals surface area (Å²) in [6.45, 7) is 3.56. The maximum absolute atomic E-state index is 13.9. The molecule has 1 heterocycles. The number of para-hydroxylation sites is 1. The van der Waals surface area contributed by atoms with Crippen molar-refractivity contribution in [3.63, 3.8) is 0 Å².